The van der Waals surface area contributed by atoms with E-state index in [4.69, 9.17) is 0 Å². The highest BCUT2D eigenvalue weighted by Gasteiger charge is 2.24. The molecule has 27 heavy (non-hydrogen) atoms. The zero-order chi connectivity index (χ0) is 18.8. The molecule has 0 saturated heterocycles. The topological polar surface area (TPSA) is 46.9 Å². The molecule has 0 spiro atoms. The number of benzene rings is 2. The van der Waals surface area contributed by atoms with Crippen molar-refractivity contribution in [3.8, 4) is 5.69 Å². The van der Waals surface area contributed by atoms with Crippen molar-refractivity contribution >= 4 is 35.2 Å². The summed E-state index contributed by atoms with van der Waals surface area (Å²) in [5, 5.41) is 7.53. The molecule has 2 heterocycles. The molecule has 0 unspecified atom stereocenters. The Kier molecular flexibility index (Phi) is 5.18. The average molecular weight is 403 g/mol. The molecule has 1 N–H and O–H groups in total. The van der Waals surface area contributed by atoms with Gasteiger partial charge in [0.1, 0.15) is 17.5 Å². The Hall–Kier alpha value is -2.32. The number of rotatable bonds is 5. The molecule has 138 valence electrons. The molecule has 1 aliphatic rings. The van der Waals surface area contributed by atoms with E-state index in [9.17, 15) is 13.6 Å². The van der Waals surface area contributed by atoms with Crippen LogP contribution in [0.5, 0.6) is 0 Å². The monoisotopic (exact) mass is 403 g/mol. The summed E-state index contributed by atoms with van der Waals surface area (Å²) in [4.78, 5) is 13.3. The van der Waals surface area contributed by atoms with E-state index in [0.717, 1.165) is 27.7 Å². The van der Waals surface area contributed by atoms with E-state index in [-0.39, 0.29) is 23.3 Å². The summed E-state index contributed by atoms with van der Waals surface area (Å²) in [5.74, 6) is 1.59. The first-order valence-corrected chi connectivity index (χ1v) is 10.4. The molecule has 1 aliphatic heterocycles. The molecule has 0 radical (unpaired) electrons. The van der Waals surface area contributed by atoms with Crippen LogP contribution in [0.15, 0.2) is 53.4 Å². The number of nitrogens with one attached hydrogen (secondary N) is 1. The normalized spacial score (nSPS) is 12.8. The van der Waals surface area contributed by atoms with Gasteiger partial charge in [-0.2, -0.15) is 16.9 Å². The van der Waals surface area contributed by atoms with Crippen LogP contribution >= 0.6 is 23.5 Å². The first-order valence-electron chi connectivity index (χ1n) is 8.23. The van der Waals surface area contributed by atoms with Gasteiger partial charge < -0.3 is 5.32 Å². The number of thioether (sulfide) groups is 2. The molecule has 0 fully saturated rings. The molecular formula is C19H15F2N3OS2. The number of hydrogen-bond donors (Lipinski definition) is 1. The van der Waals surface area contributed by atoms with Crippen LogP contribution in [0.3, 0.4) is 0 Å². The Bertz CT molecular complexity index is 972. The molecule has 2 aromatic carbocycles. The number of carbonyl (C=O) groups is 1. The van der Waals surface area contributed by atoms with Crippen LogP contribution in [0.1, 0.15) is 11.3 Å². The lowest BCUT2D eigenvalue weighted by Gasteiger charge is -2.11. The van der Waals surface area contributed by atoms with E-state index < -0.39 is 0 Å². The van der Waals surface area contributed by atoms with Gasteiger partial charge in [-0.05, 0) is 48.5 Å². The Morgan fingerprint density at radius 2 is 1.74 bits per heavy atom. The fourth-order valence-corrected chi connectivity index (χ4v) is 4.49. The number of fused-ring (bicyclic) bond motifs is 1. The van der Waals surface area contributed by atoms with Crippen LogP contribution < -0.4 is 5.32 Å². The second-order valence-corrected chi connectivity index (χ2v) is 7.98. The summed E-state index contributed by atoms with van der Waals surface area (Å²) in [6.07, 6.45) is 0. The van der Waals surface area contributed by atoms with E-state index in [1.807, 2.05) is 0 Å². The first kappa shape index (κ1) is 18.1. The summed E-state index contributed by atoms with van der Waals surface area (Å²) in [6.45, 7) is 0. The predicted molar refractivity (Wildman–Crippen MR) is 104 cm³/mol. The number of carbonyl (C=O) groups excluding carboxylic acids is 1. The number of nitrogens with zero attached hydrogens (tertiary/aromatic N) is 2. The van der Waals surface area contributed by atoms with Crippen LogP contribution in [-0.4, -0.2) is 21.4 Å². The third kappa shape index (κ3) is 4.01. The van der Waals surface area contributed by atoms with Gasteiger partial charge in [-0.1, -0.05) is 0 Å². The average Bonchev–Trinajstić information content (AvgIpc) is 3.25. The zero-order valence-electron chi connectivity index (χ0n) is 14.1. The highest BCUT2D eigenvalue weighted by atomic mass is 32.2. The fourth-order valence-electron chi connectivity index (χ4n) is 2.76. The second kappa shape index (κ2) is 7.74. The van der Waals surface area contributed by atoms with Crippen molar-refractivity contribution in [1.29, 1.82) is 0 Å². The van der Waals surface area contributed by atoms with Crippen molar-refractivity contribution in [2.75, 3.05) is 11.1 Å². The quantitative estimate of drug-likeness (QED) is 0.631. The van der Waals surface area contributed by atoms with E-state index in [1.165, 1.54) is 36.0 Å². The lowest BCUT2D eigenvalue weighted by Crippen LogP contribution is -2.18. The maximum absolute atomic E-state index is 13.2. The highest BCUT2D eigenvalue weighted by Crippen LogP contribution is 2.36. The number of amides is 1. The van der Waals surface area contributed by atoms with Crippen molar-refractivity contribution in [3.05, 3.63) is 71.4 Å². The van der Waals surface area contributed by atoms with Crippen LogP contribution in [0, 0.1) is 11.6 Å². The van der Waals surface area contributed by atoms with Gasteiger partial charge in [0, 0.05) is 22.0 Å². The number of hydrogen-bond acceptors (Lipinski definition) is 4. The first-order chi connectivity index (χ1) is 13.1. The summed E-state index contributed by atoms with van der Waals surface area (Å²) in [5.41, 5.74) is 2.63. The minimum atomic E-state index is -0.324. The largest absolute Gasteiger partial charge is 0.310 e. The minimum Gasteiger partial charge on any atom is -0.310 e. The SMILES string of the molecule is O=C(CSc1ccc(F)cc1)Nc1c2c(nn1-c1ccc(F)cc1)CSC2. The number of halogens is 2. The van der Waals surface area contributed by atoms with Gasteiger partial charge in [-0.15, -0.1) is 11.8 Å². The molecule has 0 atom stereocenters. The van der Waals surface area contributed by atoms with Crippen molar-refractivity contribution in [2.24, 2.45) is 0 Å². The lowest BCUT2D eigenvalue weighted by molar-refractivity contribution is -0.113. The summed E-state index contributed by atoms with van der Waals surface area (Å²) in [7, 11) is 0. The second-order valence-electron chi connectivity index (χ2n) is 5.95. The minimum absolute atomic E-state index is 0.174. The van der Waals surface area contributed by atoms with Crippen LogP contribution in [0.2, 0.25) is 0 Å². The smallest absolute Gasteiger partial charge is 0.235 e. The third-order valence-electron chi connectivity index (χ3n) is 4.06. The Labute approximate surface area is 163 Å². The van der Waals surface area contributed by atoms with Crippen LogP contribution in [-0.2, 0) is 16.3 Å². The van der Waals surface area contributed by atoms with Crippen LogP contribution in [0.4, 0.5) is 14.6 Å². The molecular weight excluding hydrogens is 388 g/mol. The molecule has 8 heteroatoms. The molecule has 4 nitrogen and oxygen atoms in total. The highest BCUT2D eigenvalue weighted by molar-refractivity contribution is 8.00. The van der Waals surface area contributed by atoms with Gasteiger partial charge in [0.25, 0.3) is 0 Å². The van der Waals surface area contributed by atoms with Gasteiger partial charge in [-0.3, -0.25) is 4.79 Å². The molecule has 0 saturated carbocycles. The zero-order valence-corrected chi connectivity index (χ0v) is 15.7. The fraction of sp³-hybridized carbons (Fsp3) is 0.158. The lowest BCUT2D eigenvalue weighted by atomic mass is 10.2. The third-order valence-corrected chi connectivity index (χ3v) is 6.05. The maximum Gasteiger partial charge on any atom is 0.235 e. The van der Waals surface area contributed by atoms with Gasteiger partial charge in [-0.25, -0.2) is 13.5 Å². The maximum atomic E-state index is 13.2. The van der Waals surface area contributed by atoms with Crippen molar-refractivity contribution in [1.82, 2.24) is 9.78 Å². The van der Waals surface area contributed by atoms with Crippen LogP contribution in [0.25, 0.3) is 5.69 Å². The molecule has 4 rings (SSSR count). The summed E-state index contributed by atoms with van der Waals surface area (Å²) >= 11 is 3.07. The summed E-state index contributed by atoms with van der Waals surface area (Å²) in [6, 6.07) is 12.0. The van der Waals surface area contributed by atoms with Crippen molar-refractivity contribution in [3.63, 3.8) is 0 Å². The van der Waals surface area contributed by atoms with Gasteiger partial charge in [0.15, 0.2) is 0 Å². The van der Waals surface area contributed by atoms with Gasteiger partial charge in [0.05, 0.1) is 17.1 Å². The van der Waals surface area contributed by atoms with Crippen molar-refractivity contribution < 1.29 is 13.6 Å². The molecule has 0 aliphatic carbocycles. The number of aromatic nitrogens is 2. The molecule has 1 amide bonds. The van der Waals surface area contributed by atoms with E-state index in [0.29, 0.717) is 11.5 Å². The number of anilines is 1. The Morgan fingerprint density at radius 1 is 1.07 bits per heavy atom. The predicted octanol–water partition coefficient (Wildman–Crippen LogP) is 4.63. The molecule has 3 aromatic rings. The standard InChI is InChI=1S/C19H15F2N3OS2/c20-12-1-5-14(6-2-12)24-19(16-9-26-10-17(16)23-24)22-18(25)11-27-15-7-3-13(21)4-8-15/h1-8H,9-11H2,(H,22,25). The van der Waals surface area contributed by atoms with E-state index in [1.54, 1.807) is 40.7 Å². The van der Waals surface area contributed by atoms with Gasteiger partial charge >= 0.3 is 0 Å². The summed E-state index contributed by atoms with van der Waals surface area (Å²) < 4.78 is 27.9. The molecule has 1 aromatic heterocycles. The van der Waals surface area contributed by atoms with E-state index in [2.05, 4.69) is 10.4 Å². The van der Waals surface area contributed by atoms with Crippen molar-refractivity contribution in [2.45, 2.75) is 16.4 Å². The van der Waals surface area contributed by atoms with Gasteiger partial charge in [0.2, 0.25) is 5.91 Å². The Balaban J connectivity index is 1.53. The molecule has 0 bridgehead atoms. The van der Waals surface area contributed by atoms with E-state index >= 15 is 0 Å². The Morgan fingerprint density at radius 3 is 2.44 bits per heavy atom.